The van der Waals surface area contributed by atoms with Crippen molar-refractivity contribution in [2.45, 2.75) is 26.9 Å². The van der Waals surface area contributed by atoms with E-state index < -0.39 is 11.9 Å². The third kappa shape index (κ3) is 4.42. The zero-order valence-corrected chi connectivity index (χ0v) is 13.3. The number of esters is 1. The molecule has 0 aliphatic heterocycles. The number of aromatic carboxylic acids is 1. The minimum atomic E-state index is -1.10. The van der Waals surface area contributed by atoms with E-state index in [-0.39, 0.29) is 17.7 Å². The smallest absolute Gasteiger partial charge is 0.339 e. The predicted octanol–water partition coefficient (Wildman–Crippen LogP) is 3.94. The maximum Gasteiger partial charge on any atom is 0.339 e. The van der Waals surface area contributed by atoms with Gasteiger partial charge in [-0.05, 0) is 29.5 Å². The Bertz CT molecular complexity index is 690. The lowest BCUT2D eigenvalue weighted by Gasteiger charge is -2.13. The Balaban J connectivity index is 2.23. The number of carbonyl (C=O) groups is 2. The van der Waals surface area contributed by atoms with E-state index in [1.54, 1.807) is 12.1 Å². The first-order valence-corrected chi connectivity index (χ1v) is 7.55. The molecule has 0 amide bonds. The molecule has 0 aromatic heterocycles. The Morgan fingerprint density at radius 2 is 1.74 bits per heavy atom. The van der Waals surface area contributed by atoms with Gasteiger partial charge in [0.15, 0.2) is 0 Å². The number of carbonyl (C=O) groups excluding carboxylic acids is 1. The molecule has 0 unspecified atom stereocenters. The van der Waals surface area contributed by atoms with Gasteiger partial charge in [0.25, 0.3) is 0 Å². The number of carboxylic acids is 1. The molecule has 0 aliphatic rings. The van der Waals surface area contributed by atoms with Gasteiger partial charge in [-0.15, -0.1) is 0 Å². The van der Waals surface area contributed by atoms with Gasteiger partial charge >= 0.3 is 11.9 Å². The third-order valence-electron chi connectivity index (χ3n) is 3.43. The number of rotatable bonds is 6. The van der Waals surface area contributed by atoms with Crippen LogP contribution in [0.2, 0.25) is 0 Å². The topological polar surface area (TPSA) is 63.6 Å². The van der Waals surface area contributed by atoms with Gasteiger partial charge in [0, 0.05) is 0 Å². The highest BCUT2D eigenvalue weighted by atomic mass is 16.5. The first kappa shape index (κ1) is 16.7. The number of hydrogen-bond acceptors (Lipinski definition) is 3. The summed E-state index contributed by atoms with van der Waals surface area (Å²) in [6.45, 7) is 4.13. The summed E-state index contributed by atoms with van der Waals surface area (Å²) >= 11 is 0. The van der Waals surface area contributed by atoms with Gasteiger partial charge in [0.2, 0.25) is 0 Å². The molecule has 0 radical (unpaired) electrons. The molecule has 0 saturated carbocycles. The largest absolute Gasteiger partial charge is 0.478 e. The first-order chi connectivity index (χ1) is 11.0. The summed E-state index contributed by atoms with van der Waals surface area (Å²) in [5, 5.41) is 9.49. The molecule has 0 saturated heterocycles. The van der Waals surface area contributed by atoms with Gasteiger partial charge in [0.1, 0.15) is 6.61 Å². The van der Waals surface area contributed by atoms with Crippen molar-refractivity contribution in [3.05, 3.63) is 70.8 Å². The van der Waals surface area contributed by atoms with Crippen molar-refractivity contribution in [2.24, 2.45) is 5.92 Å². The van der Waals surface area contributed by atoms with Gasteiger partial charge in [-0.25, -0.2) is 9.59 Å². The van der Waals surface area contributed by atoms with E-state index in [0.717, 1.165) is 5.56 Å². The molecule has 0 heterocycles. The molecule has 2 aromatic rings. The molecule has 2 rings (SSSR count). The molecule has 4 nitrogen and oxygen atoms in total. The lowest BCUT2D eigenvalue weighted by molar-refractivity contribution is 0.0463. The zero-order valence-electron chi connectivity index (χ0n) is 13.3. The Morgan fingerprint density at radius 1 is 1.04 bits per heavy atom. The van der Waals surface area contributed by atoms with Gasteiger partial charge in [-0.3, -0.25) is 0 Å². The highest BCUT2D eigenvalue weighted by Gasteiger charge is 2.21. The summed E-state index contributed by atoms with van der Waals surface area (Å²) in [6.07, 6.45) is 0.599. The molecule has 4 heteroatoms. The highest BCUT2D eigenvalue weighted by Crippen LogP contribution is 2.20. The average Bonchev–Trinajstić information content (AvgIpc) is 2.52. The Hall–Kier alpha value is -2.62. The molecule has 0 bridgehead atoms. The second kappa shape index (κ2) is 7.58. The highest BCUT2D eigenvalue weighted by molar-refractivity contribution is 6.03. The van der Waals surface area contributed by atoms with Crippen molar-refractivity contribution in [3.8, 4) is 0 Å². The van der Waals surface area contributed by atoms with Crippen LogP contribution in [0.1, 0.15) is 45.7 Å². The van der Waals surface area contributed by atoms with E-state index >= 15 is 0 Å². The minimum absolute atomic E-state index is 0.0410. The van der Waals surface area contributed by atoms with Gasteiger partial charge < -0.3 is 9.84 Å². The summed E-state index contributed by atoms with van der Waals surface area (Å²) in [4.78, 5) is 23.9. The van der Waals surface area contributed by atoms with Crippen LogP contribution in [0, 0.1) is 5.92 Å². The zero-order chi connectivity index (χ0) is 16.8. The van der Waals surface area contributed by atoms with Crippen LogP contribution < -0.4 is 0 Å². The summed E-state index contributed by atoms with van der Waals surface area (Å²) < 4.78 is 5.26. The first-order valence-electron chi connectivity index (χ1n) is 7.55. The van der Waals surface area contributed by atoms with Crippen LogP contribution in [0.15, 0.2) is 48.5 Å². The lowest BCUT2D eigenvalue weighted by Crippen LogP contribution is -2.15. The van der Waals surface area contributed by atoms with Crippen molar-refractivity contribution in [1.29, 1.82) is 0 Å². The van der Waals surface area contributed by atoms with Gasteiger partial charge in [-0.2, -0.15) is 0 Å². The van der Waals surface area contributed by atoms with E-state index in [0.29, 0.717) is 17.9 Å². The molecule has 0 atom stereocenters. The van der Waals surface area contributed by atoms with Crippen LogP contribution in [-0.2, 0) is 17.8 Å². The van der Waals surface area contributed by atoms with Crippen molar-refractivity contribution in [2.75, 3.05) is 0 Å². The predicted molar refractivity (Wildman–Crippen MR) is 87.5 cm³/mol. The van der Waals surface area contributed by atoms with Crippen LogP contribution in [-0.4, -0.2) is 17.0 Å². The van der Waals surface area contributed by atoms with Crippen molar-refractivity contribution >= 4 is 11.9 Å². The van der Waals surface area contributed by atoms with E-state index in [2.05, 4.69) is 0 Å². The molecule has 0 fully saturated rings. The van der Waals surface area contributed by atoms with E-state index in [1.807, 2.05) is 44.2 Å². The SMILES string of the molecule is CC(C)Cc1cccc(C(=O)OCc2ccccc2)c1C(=O)O. The third-order valence-corrected chi connectivity index (χ3v) is 3.43. The van der Waals surface area contributed by atoms with Crippen LogP contribution in [0.4, 0.5) is 0 Å². The van der Waals surface area contributed by atoms with E-state index in [4.69, 9.17) is 4.74 Å². The molecule has 120 valence electrons. The summed E-state index contributed by atoms with van der Waals surface area (Å²) in [5.41, 5.74) is 1.66. The second-order valence-corrected chi connectivity index (χ2v) is 5.80. The standard InChI is InChI=1S/C19H20O4/c1-13(2)11-15-9-6-10-16(17(15)18(20)21)19(22)23-12-14-7-4-3-5-8-14/h3-10,13H,11-12H2,1-2H3,(H,20,21). The maximum atomic E-state index is 12.3. The van der Waals surface area contributed by atoms with Gasteiger partial charge in [-0.1, -0.05) is 56.3 Å². The fraction of sp³-hybridized carbons (Fsp3) is 0.263. The molecule has 1 N–H and O–H groups in total. The number of hydrogen-bond donors (Lipinski definition) is 1. The average molecular weight is 312 g/mol. The Morgan fingerprint density at radius 3 is 2.35 bits per heavy atom. The van der Waals surface area contributed by atoms with Crippen molar-refractivity contribution in [1.82, 2.24) is 0 Å². The summed E-state index contributed by atoms with van der Waals surface area (Å²) in [6, 6.07) is 14.2. The molecule has 0 aliphatic carbocycles. The summed E-state index contributed by atoms with van der Waals surface area (Å²) in [7, 11) is 0. The van der Waals surface area contributed by atoms with Crippen LogP contribution in [0.3, 0.4) is 0 Å². The molecular weight excluding hydrogens is 292 g/mol. The second-order valence-electron chi connectivity index (χ2n) is 5.80. The summed E-state index contributed by atoms with van der Waals surface area (Å²) in [5.74, 6) is -1.42. The minimum Gasteiger partial charge on any atom is -0.478 e. The molecular formula is C19H20O4. The normalized spacial score (nSPS) is 10.6. The Kier molecular flexibility index (Phi) is 5.52. The van der Waals surface area contributed by atoms with Crippen LogP contribution in [0.25, 0.3) is 0 Å². The monoisotopic (exact) mass is 312 g/mol. The molecule has 2 aromatic carbocycles. The fourth-order valence-electron chi connectivity index (χ4n) is 2.43. The van der Waals surface area contributed by atoms with Crippen molar-refractivity contribution < 1.29 is 19.4 Å². The fourth-order valence-corrected chi connectivity index (χ4v) is 2.43. The van der Waals surface area contributed by atoms with Gasteiger partial charge in [0.05, 0.1) is 11.1 Å². The number of benzene rings is 2. The number of ether oxygens (including phenoxy) is 1. The quantitative estimate of drug-likeness (QED) is 0.821. The van der Waals surface area contributed by atoms with E-state index in [9.17, 15) is 14.7 Å². The van der Waals surface area contributed by atoms with E-state index in [1.165, 1.54) is 6.07 Å². The lowest BCUT2D eigenvalue weighted by atomic mass is 9.94. The maximum absolute atomic E-state index is 12.3. The Labute approximate surface area is 135 Å². The van der Waals surface area contributed by atoms with Crippen molar-refractivity contribution in [3.63, 3.8) is 0 Å². The molecule has 23 heavy (non-hydrogen) atoms. The van der Waals surface area contributed by atoms with Crippen LogP contribution in [0.5, 0.6) is 0 Å². The molecule has 0 spiro atoms. The van der Waals surface area contributed by atoms with Crippen LogP contribution >= 0.6 is 0 Å². The number of carboxylic acid groups (broad SMARTS) is 1.